The zero-order valence-electron chi connectivity index (χ0n) is 27.6. The topological polar surface area (TPSA) is 208 Å². The number of H-pyrrole nitrogens is 1. The van der Waals surface area contributed by atoms with Crippen LogP contribution in [0.5, 0.6) is 5.75 Å². The van der Waals surface area contributed by atoms with Crippen LogP contribution in [-0.4, -0.2) is 107 Å². The van der Waals surface area contributed by atoms with Crippen LogP contribution in [-0.2, 0) is 14.4 Å². The van der Waals surface area contributed by atoms with Crippen LogP contribution in [0, 0.1) is 28.8 Å². The highest BCUT2D eigenvalue weighted by molar-refractivity contribution is 5.90. The number of hydrogen-bond donors (Lipinski definition) is 4. The van der Waals surface area contributed by atoms with Crippen molar-refractivity contribution in [3.05, 3.63) is 60.6 Å². The molecule has 0 aliphatic carbocycles. The maximum absolute atomic E-state index is 13.9. The summed E-state index contributed by atoms with van der Waals surface area (Å²) >= 11 is 0. The molecule has 1 aromatic carbocycles. The first-order chi connectivity index (χ1) is 25.8. The number of carbonyl (C=O) groups is 3. The van der Waals surface area contributed by atoms with Crippen molar-refractivity contribution in [2.45, 2.75) is 49.9 Å². The molecule has 14 nitrogen and oxygen atoms in total. The van der Waals surface area contributed by atoms with Gasteiger partial charge in [-0.3, -0.25) is 4.68 Å². The van der Waals surface area contributed by atoms with Crippen molar-refractivity contribution in [3.8, 4) is 23.1 Å². The van der Waals surface area contributed by atoms with Gasteiger partial charge in [0.2, 0.25) is 5.82 Å². The molecule has 1 aliphatic heterocycles. The van der Waals surface area contributed by atoms with Crippen molar-refractivity contribution >= 4 is 28.9 Å². The van der Waals surface area contributed by atoms with Gasteiger partial charge in [-0.15, -0.1) is 0 Å². The molecule has 56 heavy (non-hydrogen) atoms. The molecule has 4 heterocycles. The minimum Gasteiger partial charge on any atom is -0.487 e. The Morgan fingerprint density at radius 2 is 1.45 bits per heavy atom. The average Bonchev–Trinajstić information content (AvgIpc) is 3.78. The second kappa shape index (κ2) is 19.5. The number of hydrogen-bond acceptors (Lipinski definition) is 9. The van der Waals surface area contributed by atoms with Crippen molar-refractivity contribution < 1.29 is 87.1 Å². The Kier molecular flexibility index (Phi) is 16.0. The highest BCUT2D eigenvalue weighted by Crippen LogP contribution is 2.28. The normalized spacial score (nSPS) is 14.1. The van der Waals surface area contributed by atoms with Crippen LogP contribution in [0.2, 0.25) is 0 Å². The van der Waals surface area contributed by atoms with E-state index in [0.717, 1.165) is 28.4 Å². The molecule has 3 aromatic heterocycles. The fourth-order valence-corrected chi connectivity index (χ4v) is 4.41. The van der Waals surface area contributed by atoms with Gasteiger partial charge in [0.25, 0.3) is 0 Å². The van der Waals surface area contributed by atoms with E-state index in [2.05, 4.69) is 31.0 Å². The number of ether oxygens (including phenoxy) is 1. The van der Waals surface area contributed by atoms with E-state index in [1.165, 1.54) is 6.33 Å². The lowest BCUT2D eigenvalue weighted by Gasteiger charge is -2.34. The molecule has 4 N–H and O–H groups in total. The van der Waals surface area contributed by atoms with Crippen LogP contribution >= 0.6 is 0 Å². The molecule has 0 radical (unpaired) electrons. The van der Waals surface area contributed by atoms with E-state index < -0.39 is 59.6 Å². The predicted molar refractivity (Wildman–Crippen MR) is 162 cm³/mol. The van der Waals surface area contributed by atoms with Crippen LogP contribution in [0.3, 0.4) is 0 Å². The molecule has 26 heteroatoms. The second-order valence-electron chi connectivity index (χ2n) is 10.9. The fraction of sp³-hybridized carbons (Fsp3) is 0.367. The number of nitrogens with one attached hydrogen (secondary N) is 1. The Hall–Kier alpha value is -6.13. The number of likely N-dealkylation sites (tertiary alicyclic amines) is 1. The monoisotopic (exact) mass is 823 g/mol. The van der Waals surface area contributed by atoms with Crippen molar-refractivity contribution in [1.82, 2.24) is 29.6 Å². The molecule has 1 atom stereocenters. The van der Waals surface area contributed by atoms with Crippen LogP contribution in [0.15, 0.2) is 43.1 Å². The Morgan fingerprint density at radius 3 is 1.95 bits per heavy atom. The largest absolute Gasteiger partial charge is 0.490 e. The summed E-state index contributed by atoms with van der Waals surface area (Å²) in [6.45, 7) is 1.86. The molecule has 1 aliphatic rings. The highest BCUT2D eigenvalue weighted by atomic mass is 19.4. The zero-order chi connectivity index (χ0) is 42.6. The molecule has 4 aromatic rings. The third-order valence-electron chi connectivity index (χ3n) is 6.91. The van der Waals surface area contributed by atoms with E-state index in [9.17, 15) is 57.9 Å². The molecule has 0 amide bonds. The van der Waals surface area contributed by atoms with Crippen molar-refractivity contribution in [1.29, 1.82) is 5.26 Å². The lowest BCUT2D eigenvalue weighted by Crippen LogP contribution is -2.41. The van der Waals surface area contributed by atoms with Gasteiger partial charge in [-0.25, -0.2) is 33.1 Å². The number of nitrogens with zero attached hydrogens (tertiary/aromatic N) is 6. The standard InChI is InChI=1S/C24H22F3N7O.3C2HF3O2/c25-16-9-20(26)22(27)21(10-16)35-18-3-7-33(8-4-18)13-17(1-5-28)34-12-15(11-32-34)23-19-2-6-29-24(19)31-14-30-23;3*3-2(4,5)1(6)7/h2,6,9-12,14,17-18H,1,3-4,7-8,13H2,(H,29,30,31);3*(H,6,7). The van der Waals surface area contributed by atoms with Gasteiger partial charge >= 0.3 is 36.4 Å². The molecule has 306 valence electrons. The zero-order valence-corrected chi connectivity index (χ0v) is 27.6. The summed E-state index contributed by atoms with van der Waals surface area (Å²) in [6.07, 6.45) is -7.29. The van der Waals surface area contributed by atoms with Gasteiger partial charge in [-0.2, -0.15) is 54.3 Å². The van der Waals surface area contributed by atoms with E-state index in [-0.39, 0.29) is 18.6 Å². The van der Waals surface area contributed by atoms with Gasteiger partial charge in [0, 0.05) is 55.1 Å². The first-order valence-corrected chi connectivity index (χ1v) is 15.0. The highest BCUT2D eigenvalue weighted by Gasteiger charge is 2.39. The number of fused-ring (bicyclic) bond motifs is 1. The van der Waals surface area contributed by atoms with Gasteiger partial charge in [0.15, 0.2) is 11.6 Å². The van der Waals surface area contributed by atoms with Gasteiger partial charge in [-0.05, 0) is 18.9 Å². The number of aromatic amines is 1. The van der Waals surface area contributed by atoms with E-state index >= 15 is 0 Å². The lowest BCUT2D eigenvalue weighted by molar-refractivity contribution is -0.193. The number of aliphatic carboxylic acids is 3. The smallest absolute Gasteiger partial charge is 0.487 e. The van der Waals surface area contributed by atoms with Crippen molar-refractivity contribution in [2.75, 3.05) is 19.6 Å². The van der Waals surface area contributed by atoms with E-state index in [4.69, 9.17) is 34.4 Å². The average molecular weight is 824 g/mol. The molecule has 5 rings (SSSR count). The fourth-order valence-electron chi connectivity index (χ4n) is 4.41. The first-order valence-electron chi connectivity index (χ1n) is 15.0. The summed E-state index contributed by atoms with van der Waals surface area (Å²) in [7, 11) is 0. The second-order valence-corrected chi connectivity index (χ2v) is 10.9. The van der Waals surface area contributed by atoms with E-state index in [1.54, 1.807) is 17.1 Å². The summed E-state index contributed by atoms with van der Waals surface area (Å²) < 4.78 is 143. The van der Waals surface area contributed by atoms with E-state index in [1.807, 2.05) is 12.3 Å². The number of carboxylic acid groups (broad SMARTS) is 3. The number of aromatic nitrogens is 5. The summed E-state index contributed by atoms with van der Waals surface area (Å²) in [5.41, 5.74) is 2.33. The number of halogens is 12. The van der Waals surface area contributed by atoms with Crippen molar-refractivity contribution in [2.24, 2.45) is 0 Å². The van der Waals surface area contributed by atoms with Gasteiger partial charge in [-0.1, -0.05) is 0 Å². The van der Waals surface area contributed by atoms with Crippen LogP contribution < -0.4 is 4.74 Å². The van der Waals surface area contributed by atoms with E-state index in [0.29, 0.717) is 38.5 Å². The number of rotatable bonds is 7. The molecule has 1 saturated heterocycles. The van der Waals surface area contributed by atoms with Gasteiger partial charge < -0.3 is 29.9 Å². The first kappa shape index (κ1) is 46.0. The molecular formula is C30H25F12N7O7. The minimum atomic E-state index is -5.08. The molecule has 1 fully saturated rings. The molecular weight excluding hydrogens is 798 g/mol. The van der Waals surface area contributed by atoms with Gasteiger partial charge in [0.1, 0.15) is 23.9 Å². The van der Waals surface area contributed by atoms with Crippen LogP contribution in [0.4, 0.5) is 52.7 Å². The summed E-state index contributed by atoms with van der Waals surface area (Å²) in [5, 5.41) is 36.2. The maximum atomic E-state index is 13.9. The van der Waals surface area contributed by atoms with Gasteiger partial charge in [0.05, 0.1) is 30.4 Å². The number of nitriles is 1. The lowest BCUT2D eigenvalue weighted by atomic mass is 10.1. The molecule has 0 saturated carbocycles. The minimum absolute atomic E-state index is 0.176. The maximum Gasteiger partial charge on any atom is 0.490 e. The molecule has 1 unspecified atom stereocenters. The third kappa shape index (κ3) is 14.3. The third-order valence-corrected chi connectivity index (χ3v) is 6.91. The Balaban J connectivity index is 0.000000423. The predicted octanol–water partition coefficient (Wildman–Crippen LogP) is 6.14. The SMILES string of the molecule is N#CCC(CN1CCC(Oc2cc(F)cc(F)c2F)CC1)n1cc(-c2ncnc3[nH]ccc23)cn1.O=C(O)C(F)(F)F.O=C(O)C(F)(F)F.O=C(O)C(F)(F)F. The number of piperidine rings is 1. The number of benzene rings is 1. The molecule has 0 bridgehead atoms. The number of carboxylic acids is 3. The summed E-state index contributed by atoms with van der Waals surface area (Å²) in [6, 6.07) is 5.32. The van der Waals surface area contributed by atoms with Crippen LogP contribution in [0.1, 0.15) is 25.3 Å². The summed E-state index contributed by atoms with van der Waals surface area (Å²) in [5.74, 6) is -12.0. The Morgan fingerprint density at radius 1 is 0.911 bits per heavy atom. The molecule has 0 spiro atoms. The van der Waals surface area contributed by atoms with Crippen molar-refractivity contribution in [3.63, 3.8) is 0 Å². The Labute approximate surface area is 304 Å². The van der Waals surface area contributed by atoms with Crippen LogP contribution in [0.25, 0.3) is 22.3 Å². The summed E-state index contributed by atoms with van der Waals surface area (Å²) in [4.78, 5) is 40.5. The Bertz CT molecular complexity index is 1930. The number of alkyl halides is 9. The quantitative estimate of drug-likeness (QED) is 0.123.